The van der Waals surface area contributed by atoms with E-state index in [0.29, 0.717) is 1.43 Å². The molecule has 1 aliphatic carbocycles. The van der Waals surface area contributed by atoms with E-state index in [1.165, 1.54) is 32.1 Å². The SMILES string of the molecule is CC(I)(I)C1CCCCC1. The summed E-state index contributed by atoms with van der Waals surface area (Å²) in [5.74, 6) is 0.974. The number of rotatable bonds is 1. The molecule has 0 nitrogen and oxygen atoms in total. The Hall–Kier alpha value is 1.46. The third kappa shape index (κ3) is 2.83. The molecule has 0 aromatic heterocycles. The Kier molecular flexibility index (Phi) is 3.74. The van der Waals surface area contributed by atoms with E-state index in [2.05, 4.69) is 52.1 Å². The van der Waals surface area contributed by atoms with E-state index in [9.17, 15) is 0 Å². The van der Waals surface area contributed by atoms with Gasteiger partial charge in [-0.2, -0.15) is 0 Å². The molecule has 2 heteroatoms. The van der Waals surface area contributed by atoms with Crippen molar-refractivity contribution in [1.29, 1.82) is 0 Å². The van der Waals surface area contributed by atoms with Gasteiger partial charge < -0.3 is 0 Å². The van der Waals surface area contributed by atoms with E-state index in [-0.39, 0.29) is 0 Å². The molecule has 60 valence electrons. The van der Waals surface area contributed by atoms with Crippen molar-refractivity contribution < 1.29 is 0 Å². The Morgan fingerprint density at radius 3 is 1.90 bits per heavy atom. The first-order chi connectivity index (χ1) is 4.61. The number of alkyl halides is 2. The number of halogens is 2. The van der Waals surface area contributed by atoms with Crippen molar-refractivity contribution in [3.05, 3.63) is 0 Å². The second kappa shape index (κ2) is 3.92. The van der Waals surface area contributed by atoms with Gasteiger partial charge in [0.1, 0.15) is 0 Å². The molecule has 0 amide bonds. The first-order valence-corrected chi connectivity index (χ1v) is 6.14. The van der Waals surface area contributed by atoms with Gasteiger partial charge >= 0.3 is 0 Å². The molecule has 0 heterocycles. The lowest BCUT2D eigenvalue weighted by Crippen LogP contribution is -2.22. The average Bonchev–Trinajstić information content (AvgIpc) is 1.88. The van der Waals surface area contributed by atoms with Gasteiger partial charge in [0.2, 0.25) is 0 Å². The van der Waals surface area contributed by atoms with Gasteiger partial charge in [0.25, 0.3) is 0 Å². The minimum absolute atomic E-state index is 0.510. The van der Waals surface area contributed by atoms with Gasteiger partial charge in [0.15, 0.2) is 0 Å². The monoisotopic (exact) mass is 364 g/mol. The fourth-order valence-corrected chi connectivity index (χ4v) is 2.86. The first-order valence-electron chi connectivity index (χ1n) is 3.98. The van der Waals surface area contributed by atoms with E-state index in [4.69, 9.17) is 0 Å². The minimum atomic E-state index is 0.510. The summed E-state index contributed by atoms with van der Waals surface area (Å²) in [6.45, 7) is 2.35. The van der Waals surface area contributed by atoms with Crippen LogP contribution in [0.1, 0.15) is 39.0 Å². The molecule has 0 bridgehead atoms. The molecule has 1 aliphatic rings. The summed E-state index contributed by atoms with van der Waals surface area (Å²) >= 11 is 5.17. The summed E-state index contributed by atoms with van der Waals surface area (Å²) < 4.78 is 0.510. The van der Waals surface area contributed by atoms with Crippen LogP contribution in [0, 0.1) is 5.92 Å². The highest BCUT2D eigenvalue weighted by molar-refractivity contribution is 14.2. The maximum absolute atomic E-state index is 2.58. The highest BCUT2D eigenvalue weighted by Gasteiger charge is 2.28. The minimum Gasteiger partial charge on any atom is -0.0672 e. The van der Waals surface area contributed by atoms with Crippen molar-refractivity contribution in [2.75, 3.05) is 0 Å². The normalized spacial score (nSPS) is 23.1. The third-order valence-electron chi connectivity index (χ3n) is 2.32. The van der Waals surface area contributed by atoms with Gasteiger partial charge in [-0.15, -0.1) is 0 Å². The Balaban J connectivity index is 2.39. The Morgan fingerprint density at radius 2 is 1.60 bits per heavy atom. The van der Waals surface area contributed by atoms with Crippen molar-refractivity contribution in [1.82, 2.24) is 0 Å². The lowest BCUT2D eigenvalue weighted by Gasteiger charge is -2.30. The summed E-state index contributed by atoms with van der Waals surface area (Å²) in [4.78, 5) is 0. The maximum Gasteiger partial charge on any atom is 0.0734 e. The van der Waals surface area contributed by atoms with Crippen molar-refractivity contribution in [2.45, 2.75) is 40.5 Å². The molecule has 0 atom stereocenters. The summed E-state index contributed by atoms with van der Waals surface area (Å²) in [5, 5.41) is 0. The van der Waals surface area contributed by atoms with Gasteiger partial charge in [-0.3, -0.25) is 0 Å². The number of hydrogen-bond acceptors (Lipinski definition) is 0. The predicted molar refractivity (Wildman–Crippen MR) is 63.0 cm³/mol. The van der Waals surface area contributed by atoms with Crippen LogP contribution >= 0.6 is 45.2 Å². The topological polar surface area (TPSA) is 0 Å². The van der Waals surface area contributed by atoms with Gasteiger partial charge in [-0.25, -0.2) is 0 Å². The highest BCUT2D eigenvalue weighted by atomic mass is 127. The van der Waals surface area contributed by atoms with Crippen LogP contribution in [0.2, 0.25) is 0 Å². The third-order valence-corrected chi connectivity index (χ3v) is 4.08. The van der Waals surface area contributed by atoms with Crippen molar-refractivity contribution in [3.8, 4) is 0 Å². The molecule has 0 saturated heterocycles. The van der Waals surface area contributed by atoms with E-state index in [1.807, 2.05) is 0 Å². The zero-order valence-corrected chi connectivity index (χ0v) is 10.7. The molecule has 0 unspecified atom stereocenters. The quantitative estimate of drug-likeness (QED) is 0.485. The van der Waals surface area contributed by atoms with Crippen LogP contribution in [0.5, 0.6) is 0 Å². The molecular formula is C8H14I2. The largest absolute Gasteiger partial charge is 0.0734 e. The van der Waals surface area contributed by atoms with Gasteiger partial charge in [0.05, 0.1) is 1.43 Å². The smallest absolute Gasteiger partial charge is 0.0672 e. The molecule has 1 saturated carbocycles. The van der Waals surface area contributed by atoms with Crippen LogP contribution in [-0.2, 0) is 0 Å². The molecule has 0 radical (unpaired) electrons. The van der Waals surface area contributed by atoms with Crippen LogP contribution in [0.25, 0.3) is 0 Å². The maximum atomic E-state index is 2.58. The fourth-order valence-electron chi connectivity index (χ4n) is 1.61. The van der Waals surface area contributed by atoms with Crippen molar-refractivity contribution >= 4 is 45.2 Å². The summed E-state index contributed by atoms with van der Waals surface area (Å²) in [6.07, 6.45) is 7.32. The highest BCUT2D eigenvalue weighted by Crippen LogP contribution is 2.42. The summed E-state index contributed by atoms with van der Waals surface area (Å²) in [6, 6.07) is 0. The van der Waals surface area contributed by atoms with Crippen LogP contribution in [0.4, 0.5) is 0 Å². The summed E-state index contributed by atoms with van der Waals surface area (Å²) in [5.41, 5.74) is 0. The van der Waals surface area contributed by atoms with Crippen LogP contribution < -0.4 is 0 Å². The zero-order chi connectivity index (χ0) is 7.61. The molecule has 0 aliphatic heterocycles. The van der Waals surface area contributed by atoms with Crippen molar-refractivity contribution in [3.63, 3.8) is 0 Å². The van der Waals surface area contributed by atoms with E-state index in [0.717, 1.165) is 5.92 Å². The first kappa shape index (κ1) is 9.55. The molecule has 1 rings (SSSR count). The second-order valence-corrected chi connectivity index (χ2v) is 9.84. The molecule has 0 N–H and O–H groups in total. The zero-order valence-electron chi connectivity index (χ0n) is 6.37. The van der Waals surface area contributed by atoms with E-state index in [1.54, 1.807) is 0 Å². The molecule has 0 spiro atoms. The van der Waals surface area contributed by atoms with Crippen LogP contribution in [-0.4, -0.2) is 1.43 Å². The van der Waals surface area contributed by atoms with Crippen LogP contribution in [0.15, 0.2) is 0 Å². The second-order valence-electron chi connectivity index (χ2n) is 3.29. The molecule has 1 fully saturated rings. The molecule has 0 aromatic carbocycles. The molecule has 0 aromatic rings. The van der Waals surface area contributed by atoms with Gasteiger partial charge in [0, 0.05) is 0 Å². The van der Waals surface area contributed by atoms with Crippen LogP contribution in [0.3, 0.4) is 0 Å². The predicted octanol–water partition coefficient (Wildman–Crippen LogP) is 4.15. The fraction of sp³-hybridized carbons (Fsp3) is 1.00. The lowest BCUT2D eigenvalue weighted by molar-refractivity contribution is 0.357. The Bertz CT molecular complexity index is 98.3. The number of hydrogen-bond donors (Lipinski definition) is 0. The standard InChI is InChI=1S/C8H14I2/c1-8(9,10)7-5-3-2-4-6-7/h7H,2-6H2,1H3. The molecule has 10 heavy (non-hydrogen) atoms. The Labute approximate surface area is 90.8 Å². The van der Waals surface area contributed by atoms with Crippen molar-refractivity contribution in [2.24, 2.45) is 5.92 Å². The van der Waals surface area contributed by atoms with Gasteiger partial charge in [-0.1, -0.05) is 64.4 Å². The Morgan fingerprint density at radius 1 is 1.10 bits per heavy atom. The molecular weight excluding hydrogens is 350 g/mol. The van der Waals surface area contributed by atoms with E-state index >= 15 is 0 Å². The van der Waals surface area contributed by atoms with E-state index < -0.39 is 0 Å². The summed E-state index contributed by atoms with van der Waals surface area (Å²) in [7, 11) is 0. The van der Waals surface area contributed by atoms with Gasteiger partial charge in [-0.05, 0) is 25.7 Å². The lowest BCUT2D eigenvalue weighted by atomic mass is 9.87. The average molecular weight is 364 g/mol.